The standard InChI is InChI=1S/C13H11P3/c1-2-5-10(6-3-1)16-12-8-4-7-11-13(12)15-9-14-11/h1-9,15-16H. The molecule has 1 heterocycles. The third kappa shape index (κ3) is 2.07. The Labute approximate surface area is 100 Å². The van der Waals surface area contributed by atoms with Gasteiger partial charge in [0.2, 0.25) is 0 Å². The summed E-state index contributed by atoms with van der Waals surface area (Å²) in [5.74, 6) is 0. The van der Waals surface area contributed by atoms with Crippen LogP contribution in [0.25, 0.3) is 10.2 Å². The zero-order chi connectivity index (χ0) is 10.8. The average Bonchev–Trinajstić information content (AvgIpc) is 2.80. The SMILES string of the molecule is c1ccc(Pc2cccc3pc[pH]c23)cc1. The highest BCUT2D eigenvalue weighted by atomic mass is 31.1. The van der Waals surface area contributed by atoms with Gasteiger partial charge in [-0.05, 0) is 22.2 Å². The monoisotopic (exact) mass is 260 g/mol. The number of hydrogen-bond donors (Lipinski definition) is 0. The van der Waals surface area contributed by atoms with Gasteiger partial charge in [-0.1, -0.05) is 59.2 Å². The Balaban J connectivity index is 2.04. The first-order valence-electron chi connectivity index (χ1n) is 5.18. The molecule has 0 fully saturated rings. The molecule has 16 heavy (non-hydrogen) atoms. The van der Waals surface area contributed by atoms with Crippen LogP contribution in [0, 0.1) is 0 Å². The number of fused-ring (bicyclic) bond motifs is 1. The summed E-state index contributed by atoms with van der Waals surface area (Å²) in [6.07, 6.45) is 0. The molecule has 0 saturated carbocycles. The van der Waals surface area contributed by atoms with Crippen LogP contribution in [0.3, 0.4) is 0 Å². The summed E-state index contributed by atoms with van der Waals surface area (Å²) in [4.78, 5) is 0. The molecule has 0 radical (unpaired) electrons. The van der Waals surface area contributed by atoms with Crippen LogP contribution in [0.4, 0.5) is 0 Å². The Bertz CT molecular complexity index is 599. The van der Waals surface area contributed by atoms with Crippen LogP contribution in [0.5, 0.6) is 0 Å². The van der Waals surface area contributed by atoms with Crippen LogP contribution in [0.15, 0.2) is 54.1 Å². The molecule has 0 nitrogen and oxygen atoms in total. The number of benzene rings is 2. The van der Waals surface area contributed by atoms with Crippen LogP contribution in [0.1, 0.15) is 0 Å². The molecule has 0 aliphatic rings. The molecule has 2 aromatic carbocycles. The molecule has 78 valence electrons. The zero-order valence-corrected chi connectivity index (χ0v) is 11.5. The van der Waals surface area contributed by atoms with Crippen LogP contribution < -0.4 is 10.6 Å². The molecule has 0 spiro atoms. The number of hydrogen-bond acceptors (Lipinski definition) is 0. The fourth-order valence-electron chi connectivity index (χ4n) is 1.75. The zero-order valence-electron chi connectivity index (χ0n) is 8.64. The lowest BCUT2D eigenvalue weighted by Gasteiger charge is -2.03. The van der Waals surface area contributed by atoms with E-state index in [1.165, 1.54) is 23.9 Å². The second kappa shape index (κ2) is 4.68. The number of rotatable bonds is 2. The van der Waals surface area contributed by atoms with Gasteiger partial charge in [0.15, 0.2) is 0 Å². The lowest BCUT2D eigenvalue weighted by atomic mass is 10.4. The Morgan fingerprint density at radius 1 is 0.938 bits per heavy atom. The van der Waals surface area contributed by atoms with Gasteiger partial charge >= 0.3 is 0 Å². The van der Waals surface area contributed by atoms with Crippen molar-refractivity contribution >= 4 is 45.8 Å². The average molecular weight is 260 g/mol. The van der Waals surface area contributed by atoms with E-state index < -0.39 is 0 Å². The van der Waals surface area contributed by atoms with Gasteiger partial charge in [-0.25, -0.2) is 0 Å². The summed E-state index contributed by atoms with van der Waals surface area (Å²) >= 11 is 0. The van der Waals surface area contributed by atoms with Gasteiger partial charge in [0.25, 0.3) is 0 Å². The maximum Gasteiger partial charge on any atom is 0.0137 e. The largest absolute Gasteiger partial charge is 0.126 e. The van der Waals surface area contributed by atoms with Crippen LogP contribution >= 0.6 is 25.0 Å². The minimum absolute atomic E-state index is 0.801. The second-order valence-corrected chi connectivity index (χ2v) is 7.52. The quantitative estimate of drug-likeness (QED) is 0.609. The van der Waals surface area contributed by atoms with Gasteiger partial charge in [-0.15, -0.1) is 8.19 Å². The van der Waals surface area contributed by atoms with E-state index in [0.29, 0.717) is 0 Å². The third-order valence-corrected chi connectivity index (χ3v) is 6.79. The molecule has 2 atom stereocenters. The lowest BCUT2D eigenvalue weighted by molar-refractivity contribution is 1.78. The Kier molecular flexibility index (Phi) is 3.07. The first kappa shape index (κ1) is 10.5. The van der Waals surface area contributed by atoms with Crippen LogP contribution in [-0.4, -0.2) is 0 Å². The van der Waals surface area contributed by atoms with Gasteiger partial charge in [-0.2, -0.15) is 0 Å². The summed E-state index contributed by atoms with van der Waals surface area (Å²) in [5, 5.41) is 6.07. The Morgan fingerprint density at radius 2 is 1.81 bits per heavy atom. The van der Waals surface area contributed by atoms with Crippen LogP contribution in [0.2, 0.25) is 0 Å². The van der Waals surface area contributed by atoms with E-state index in [-0.39, 0.29) is 0 Å². The van der Waals surface area contributed by atoms with Gasteiger partial charge in [0, 0.05) is 10.2 Å². The fourth-order valence-corrected chi connectivity index (χ4v) is 5.98. The molecule has 1 aromatic heterocycles. The summed E-state index contributed by atoms with van der Waals surface area (Å²) in [7, 11) is 3.11. The normalized spacial score (nSPS) is 12.5. The highest BCUT2D eigenvalue weighted by Gasteiger charge is 2.02. The predicted molar refractivity (Wildman–Crippen MR) is 80.0 cm³/mol. The van der Waals surface area contributed by atoms with Crippen LogP contribution in [-0.2, 0) is 0 Å². The first-order valence-corrected chi connectivity index (χ1v) is 8.22. The highest BCUT2D eigenvalue weighted by molar-refractivity contribution is 7.61. The summed E-state index contributed by atoms with van der Waals surface area (Å²) in [5.41, 5.74) is 2.38. The van der Waals surface area contributed by atoms with Gasteiger partial charge in [-0.3, -0.25) is 0 Å². The molecule has 3 heteroatoms. The van der Waals surface area contributed by atoms with Crippen molar-refractivity contribution in [3.8, 4) is 0 Å². The summed E-state index contributed by atoms with van der Waals surface area (Å²) in [6.45, 7) is 0. The molecule has 0 aliphatic carbocycles. The van der Waals surface area contributed by atoms with Gasteiger partial charge in [0.05, 0.1) is 0 Å². The minimum atomic E-state index is 0.801. The van der Waals surface area contributed by atoms with E-state index in [1.54, 1.807) is 5.12 Å². The molecule has 0 amide bonds. The third-order valence-electron chi connectivity index (χ3n) is 2.51. The van der Waals surface area contributed by atoms with Crippen molar-refractivity contribution in [2.24, 2.45) is 0 Å². The molecular weight excluding hydrogens is 249 g/mol. The molecule has 0 saturated heterocycles. The molecule has 0 aliphatic heterocycles. The Morgan fingerprint density at radius 3 is 2.69 bits per heavy atom. The smallest absolute Gasteiger partial charge is 0.0137 e. The molecule has 3 aromatic rings. The van der Waals surface area contributed by atoms with Crippen molar-refractivity contribution in [2.45, 2.75) is 0 Å². The Hall–Kier alpha value is -0.660. The molecular formula is C13H11P3. The van der Waals surface area contributed by atoms with E-state index in [4.69, 9.17) is 0 Å². The minimum Gasteiger partial charge on any atom is -0.126 e. The molecule has 3 rings (SSSR count). The van der Waals surface area contributed by atoms with Crippen molar-refractivity contribution in [3.05, 3.63) is 54.1 Å². The molecule has 2 unspecified atom stereocenters. The maximum atomic E-state index is 2.38. The molecule has 0 N–H and O–H groups in total. The van der Waals surface area contributed by atoms with Crippen molar-refractivity contribution in [3.63, 3.8) is 0 Å². The lowest BCUT2D eigenvalue weighted by Crippen LogP contribution is -2.02. The van der Waals surface area contributed by atoms with E-state index in [2.05, 4.69) is 54.1 Å². The van der Waals surface area contributed by atoms with Crippen molar-refractivity contribution in [1.29, 1.82) is 0 Å². The second-order valence-electron chi connectivity index (χ2n) is 3.59. The fraction of sp³-hybridized carbons (Fsp3) is 0. The topological polar surface area (TPSA) is 0 Å². The summed E-state index contributed by atoms with van der Waals surface area (Å²) in [6, 6.07) is 17.5. The predicted octanol–water partition coefficient (Wildman–Crippen LogP) is 4.08. The molecule has 0 bridgehead atoms. The maximum absolute atomic E-state index is 2.38. The van der Waals surface area contributed by atoms with Gasteiger partial charge in [0.1, 0.15) is 0 Å². The van der Waals surface area contributed by atoms with Crippen molar-refractivity contribution < 1.29 is 0 Å². The van der Waals surface area contributed by atoms with Crippen molar-refractivity contribution in [2.75, 3.05) is 0 Å². The van der Waals surface area contributed by atoms with Crippen molar-refractivity contribution in [1.82, 2.24) is 0 Å². The van der Waals surface area contributed by atoms with E-state index in [0.717, 1.165) is 16.8 Å². The van der Waals surface area contributed by atoms with Gasteiger partial charge < -0.3 is 0 Å². The van der Waals surface area contributed by atoms with E-state index in [1.807, 2.05) is 0 Å². The van der Waals surface area contributed by atoms with E-state index in [9.17, 15) is 0 Å². The summed E-state index contributed by atoms with van der Waals surface area (Å²) < 4.78 is 0. The highest BCUT2D eigenvalue weighted by Crippen LogP contribution is 2.34. The van der Waals surface area contributed by atoms with E-state index >= 15 is 0 Å². The first-order chi connectivity index (χ1) is 7.93.